The smallest absolute Gasteiger partial charge is 0.237 e. The molecule has 1 fully saturated rings. The zero-order valence-electron chi connectivity index (χ0n) is 14.1. The monoisotopic (exact) mass is 363 g/mol. The summed E-state index contributed by atoms with van der Waals surface area (Å²) < 4.78 is 52.6. The van der Waals surface area contributed by atoms with Crippen LogP contribution < -0.4 is 0 Å². The van der Waals surface area contributed by atoms with Crippen LogP contribution >= 0.6 is 0 Å². The normalized spacial score (nSPS) is 16.2. The molecule has 0 N–H and O–H groups in total. The molecular weight excluding hydrogens is 346 g/mol. The van der Waals surface area contributed by atoms with Crippen LogP contribution in [0, 0.1) is 5.95 Å². The Balaban J connectivity index is 1.67. The number of hydrogen-bond donors (Lipinski definition) is 0. The fraction of sp³-hybridized carbons (Fsp3) is 0.368. The van der Waals surface area contributed by atoms with Crippen LogP contribution in [0.1, 0.15) is 42.1 Å². The van der Waals surface area contributed by atoms with Gasteiger partial charge in [0.1, 0.15) is 0 Å². The van der Waals surface area contributed by atoms with Crippen LogP contribution in [0.3, 0.4) is 0 Å². The van der Waals surface area contributed by atoms with Crippen molar-refractivity contribution >= 4 is 5.65 Å². The van der Waals surface area contributed by atoms with Gasteiger partial charge in [-0.2, -0.15) is 17.6 Å². The second kappa shape index (κ2) is 5.79. The lowest BCUT2D eigenvalue weighted by Gasteiger charge is -2.16. The van der Waals surface area contributed by atoms with Crippen molar-refractivity contribution in [3.8, 4) is 0 Å². The van der Waals surface area contributed by atoms with Gasteiger partial charge in [-0.3, -0.25) is 0 Å². The molecule has 2 heterocycles. The first-order valence-electron chi connectivity index (χ1n) is 8.42. The first kappa shape index (κ1) is 17.0. The summed E-state index contributed by atoms with van der Waals surface area (Å²) in [5.74, 6) is -0.573. The predicted octanol–water partition coefficient (Wildman–Crippen LogP) is 4.62. The highest BCUT2D eigenvalue weighted by molar-refractivity contribution is 5.45. The van der Waals surface area contributed by atoms with Gasteiger partial charge in [0, 0.05) is 24.1 Å². The molecule has 1 saturated carbocycles. The minimum atomic E-state index is -4.21. The molecule has 1 aliphatic carbocycles. The molecule has 3 aromatic rings. The summed E-state index contributed by atoms with van der Waals surface area (Å²) in [6, 6.07) is 7.70. The van der Waals surface area contributed by atoms with Crippen LogP contribution in [0.25, 0.3) is 5.65 Å². The summed E-state index contributed by atoms with van der Waals surface area (Å²) in [4.78, 5) is 4.28. The largest absolute Gasteiger partial charge is 0.393 e. The Kier molecular flexibility index (Phi) is 3.78. The molecule has 1 aromatic carbocycles. The van der Waals surface area contributed by atoms with Gasteiger partial charge in [-0.25, -0.2) is 9.50 Å². The Morgan fingerprint density at radius 2 is 1.77 bits per heavy atom. The minimum Gasteiger partial charge on any atom is -0.237 e. The van der Waals surface area contributed by atoms with E-state index in [1.807, 2.05) is 0 Å². The van der Waals surface area contributed by atoms with E-state index in [1.165, 1.54) is 18.2 Å². The fourth-order valence-corrected chi connectivity index (χ4v) is 3.36. The van der Waals surface area contributed by atoms with Crippen LogP contribution in [0.2, 0.25) is 0 Å². The molecule has 0 saturated heterocycles. The third-order valence-electron chi connectivity index (χ3n) is 4.92. The van der Waals surface area contributed by atoms with Gasteiger partial charge in [-0.05, 0) is 29.5 Å². The third-order valence-corrected chi connectivity index (χ3v) is 4.92. The molecule has 3 nitrogen and oxygen atoms in total. The zero-order chi connectivity index (χ0) is 18.5. The first-order chi connectivity index (χ1) is 12.2. The van der Waals surface area contributed by atoms with E-state index in [2.05, 4.69) is 17.0 Å². The highest BCUT2D eigenvalue weighted by Gasteiger charge is 2.43. The number of benzene rings is 1. The predicted molar refractivity (Wildman–Crippen MR) is 88.5 cm³/mol. The second-order valence-corrected chi connectivity index (χ2v) is 7.21. The second-order valence-electron chi connectivity index (χ2n) is 7.21. The van der Waals surface area contributed by atoms with Gasteiger partial charge in [0.15, 0.2) is 5.65 Å². The number of nitrogens with zero attached hydrogens (tertiary/aromatic N) is 3. The Labute approximate surface area is 147 Å². The van der Waals surface area contributed by atoms with Crippen LogP contribution in [-0.4, -0.2) is 20.8 Å². The Hall–Kier alpha value is -2.44. The van der Waals surface area contributed by atoms with Gasteiger partial charge < -0.3 is 0 Å². The van der Waals surface area contributed by atoms with Crippen molar-refractivity contribution in [3.05, 3.63) is 64.9 Å². The van der Waals surface area contributed by atoms with Crippen molar-refractivity contribution in [2.45, 2.75) is 44.2 Å². The average Bonchev–Trinajstić information content (AvgIpc) is 3.16. The van der Waals surface area contributed by atoms with Crippen molar-refractivity contribution in [2.24, 2.45) is 0 Å². The Bertz CT molecular complexity index is 953. The van der Waals surface area contributed by atoms with Crippen LogP contribution in [0.4, 0.5) is 17.6 Å². The summed E-state index contributed by atoms with van der Waals surface area (Å²) in [5.41, 5.74) is 3.38. The maximum absolute atomic E-state index is 13.6. The quantitative estimate of drug-likeness (QED) is 0.634. The highest BCUT2D eigenvalue weighted by Crippen LogP contribution is 2.48. The fourth-order valence-electron chi connectivity index (χ4n) is 3.36. The average molecular weight is 363 g/mol. The van der Waals surface area contributed by atoms with Gasteiger partial charge >= 0.3 is 6.18 Å². The molecule has 7 heteroatoms. The van der Waals surface area contributed by atoms with Gasteiger partial charge in [0.05, 0.1) is 12.1 Å². The van der Waals surface area contributed by atoms with Crippen LogP contribution in [0.5, 0.6) is 0 Å². The molecule has 0 amide bonds. The lowest BCUT2D eigenvalue weighted by Crippen LogP contribution is -2.14. The number of fused-ring (bicyclic) bond motifs is 1. The first-order valence-corrected chi connectivity index (χ1v) is 8.42. The van der Waals surface area contributed by atoms with Gasteiger partial charge in [0.25, 0.3) is 0 Å². The lowest BCUT2D eigenvalue weighted by atomic mass is 9.95. The van der Waals surface area contributed by atoms with Crippen molar-refractivity contribution < 1.29 is 17.6 Å². The molecule has 0 spiro atoms. The van der Waals surface area contributed by atoms with E-state index in [0.717, 1.165) is 29.7 Å². The zero-order valence-corrected chi connectivity index (χ0v) is 14.1. The Morgan fingerprint density at radius 1 is 1.12 bits per heavy atom. The van der Waals surface area contributed by atoms with Gasteiger partial charge in [-0.15, -0.1) is 5.10 Å². The number of hydrogen-bond acceptors (Lipinski definition) is 2. The highest BCUT2D eigenvalue weighted by atomic mass is 19.4. The van der Waals surface area contributed by atoms with Gasteiger partial charge in [0.2, 0.25) is 5.95 Å². The SMILES string of the molecule is CC1(c2c(Cc3ccc(CC(F)(F)F)cc3)cnc3cc(F)nn23)CC1. The molecule has 4 rings (SSSR count). The standard InChI is InChI=1S/C19H17F4N3/c1-18(6-7-18)17-14(11-24-16-9-15(20)25-26(16)17)8-12-2-4-13(5-3-12)10-19(21,22)23/h2-5,9,11H,6-8,10H2,1H3. The van der Waals surface area contributed by atoms with E-state index in [1.54, 1.807) is 22.8 Å². The number of alkyl halides is 3. The molecule has 0 bridgehead atoms. The lowest BCUT2D eigenvalue weighted by molar-refractivity contribution is -0.127. The molecule has 0 radical (unpaired) electrons. The summed E-state index contributed by atoms with van der Waals surface area (Å²) >= 11 is 0. The van der Waals surface area contributed by atoms with E-state index < -0.39 is 18.5 Å². The molecule has 136 valence electrons. The summed E-state index contributed by atoms with van der Waals surface area (Å²) in [5, 5.41) is 3.94. The maximum Gasteiger partial charge on any atom is 0.393 e. The topological polar surface area (TPSA) is 30.2 Å². The van der Waals surface area contributed by atoms with Crippen molar-refractivity contribution in [1.82, 2.24) is 14.6 Å². The molecule has 2 aromatic heterocycles. The van der Waals surface area contributed by atoms with Crippen LogP contribution in [-0.2, 0) is 18.3 Å². The van der Waals surface area contributed by atoms with E-state index >= 15 is 0 Å². The van der Waals surface area contributed by atoms with E-state index in [4.69, 9.17) is 0 Å². The van der Waals surface area contributed by atoms with Crippen molar-refractivity contribution in [1.29, 1.82) is 0 Å². The molecule has 26 heavy (non-hydrogen) atoms. The molecule has 1 aliphatic rings. The molecule has 0 atom stereocenters. The van der Waals surface area contributed by atoms with Gasteiger partial charge in [-0.1, -0.05) is 31.2 Å². The van der Waals surface area contributed by atoms with Crippen molar-refractivity contribution in [2.75, 3.05) is 0 Å². The summed E-state index contributed by atoms with van der Waals surface area (Å²) in [6.45, 7) is 2.11. The molecule has 0 unspecified atom stereocenters. The molecular formula is C19H17F4N3. The Morgan fingerprint density at radius 3 is 2.38 bits per heavy atom. The summed E-state index contributed by atoms with van der Waals surface area (Å²) in [6.07, 6.45) is -0.929. The molecule has 0 aliphatic heterocycles. The number of rotatable bonds is 4. The van der Waals surface area contributed by atoms with Crippen LogP contribution in [0.15, 0.2) is 36.5 Å². The van der Waals surface area contributed by atoms with E-state index in [9.17, 15) is 17.6 Å². The number of aromatic nitrogens is 3. The maximum atomic E-state index is 13.6. The number of halogens is 4. The van der Waals surface area contributed by atoms with Crippen molar-refractivity contribution in [3.63, 3.8) is 0 Å². The van der Waals surface area contributed by atoms with E-state index in [0.29, 0.717) is 12.1 Å². The minimum absolute atomic E-state index is 0.0643. The third kappa shape index (κ3) is 3.30. The summed E-state index contributed by atoms with van der Waals surface area (Å²) in [7, 11) is 0. The van der Waals surface area contributed by atoms with E-state index in [-0.39, 0.29) is 11.0 Å².